The molecule has 0 aromatic heterocycles. The summed E-state index contributed by atoms with van der Waals surface area (Å²) in [5.74, 6) is -0.243. The van der Waals surface area contributed by atoms with Crippen molar-refractivity contribution in [1.82, 2.24) is 0 Å². The maximum Gasteiger partial charge on any atom is 0.127 e. The summed E-state index contributed by atoms with van der Waals surface area (Å²) < 4.78 is 18.9. The SMILES string of the molecule is OC(Cc1ccc(Cl)cc1F)C1CCCOC1. The molecule has 1 aromatic carbocycles. The van der Waals surface area contributed by atoms with Gasteiger partial charge in [-0.1, -0.05) is 17.7 Å². The predicted molar refractivity (Wildman–Crippen MR) is 64.7 cm³/mol. The highest BCUT2D eigenvalue weighted by atomic mass is 35.5. The van der Waals surface area contributed by atoms with Gasteiger partial charge in [0.1, 0.15) is 5.82 Å². The number of hydrogen-bond donors (Lipinski definition) is 1. The van der Waals surface area contributed by atoms with E-state index < -0.39 is 6.10 Å². The lowest BCUT2D eigenvalue weighted by atomic mass is 9.91. The first kappa shape index (κ1) is 12.8. The molecule has 0 radical (unpaired) electrons. The molecule has 2 atom stereocenters. The Morgan fingerprint density at radius 2 is 2.35 bits per heavy atom. The molecule has 0 amide bonds. The smallest absolute Gasteiger partial charge is 0.127 e. The lowest BCUT2D eigenvalue weighted by Gasteiger charge is -2.26. The largest absolute Gasteiger partial charge is 0.392 e. The van der Waals surface area contributed by atoms with Crippen LogP contribution in [0.2, 0.25) is 5.02 Å². The van der Waals surface area contributed by atoms with E-state index in [9.17, 15) is 9.50 Å². The summed E-state index contributed by atoms with van der Waals surface area (Å²) in [6.07, 6.45) is 1.67. The van der Waals surface area contributed by atoms with Crippen LogP contribution in [0.15, 0.2) is 18.2 Å². The fourth-order valence-corrected chi connectivity index (χ4v) is 2.31. The van der Waals surface area contributed by atoms with Gasteiger partial charge in [0.05, 0.1) is 12.7 Å². The van der Waals surface area contributed by atoms with Crippen LogP contribution >= 0.6 is 11.6 Å². The van der Waals surface area contributed by atoms with E-state index in [1.54, 1.807) is 12.1 Å². The molecule has 1 heterocycles. The maximum atomic E-state index is 13.6. The van der Waals surface area contributed by atoms with Crippen LogP contribution in [0.25, 0.3) is 0 Å². The summed E-state index contributed by atoms with van der Waals surface area (Å²) in [7, 11) is 0. The minimum Gasteiger partial charge on any atom is -0.392 e. The number of halogens is 2. The van der Waals surface area contributed by atoms with Gasteiger partial charge in [-0.15, -0.1) is 0 Å². The van der Waals surface area contributed by atoms with Crippen LogP contribution in [0.1, 0.15) is 18.4 Å². The van der Waals surface area contributed by atoms with E-state index in [1.165, 1.54) is 6.07 Å². The van der Waals surface area contributed by atoms with Gasteiger partial charge < -0.3 is 9.84 Å². The van der Waals surface area contributed by atoms with Crippen molar-refractivity contribution in [2.75, 3.05) is 13.2 Å². The molecule has 1 aliphatic rings. The quantitative estimate of drug-likeness (QED) is 0.903. The summed E-state index contributed by atoms with van der Waals surface area (Å²) in [6, 6.07) is 4.55. The van der Waals surface area contributed by atoms with Crippen molar-refractivity contribution in [3.63, 3.8) is 0 Å². The number of aliphatic hydroxyl groups excluding tert-OH is 1. The number of ether oxygens (including phenoxy) is 1. The van der Waals surface area contributed by atoms with Crippen molar-refractivity contribution in [2.24, 2.45) is 5.92 Å². The van der Waals surface area contributed by atoms with E-state index in [2.05, 4.69) is 0 Å². The molecule has 0 aliphatic carbocycles. The minimum absolute atomic E-state index is 0.110. The fraction of sp³-hybridized carbons (Fsp3) is 0.538. The van der Waals surface area contributed by atoms with Gasteiger partial charge in [0.2, 0.25) is 0 Å². The van der Waals surface area contributed by atoms with E-state index in [1.807, 2.05) is 0 Å². The van der Waals surface area contributed by atoms with E-state index in [0.29, 0.717) is 23.6 Å². The second-order valence-corrected chi connectivity index (χ2v) is 4.92. The molecule has 2 rings (SSSR count). The fourth-order valence-electron chi connectivity index (χ4n) is 2.15. The van der Waals surface area contributed by atoms with Crippen molar-refractivity contribution in [3.05, 3.63) is 34.6 Å². The standard InChI is InChI=1S/C13H16ClFO2/c14-11-4-3-9(12(15)7-11)6-13(16)10-2-1-5-17-8-10/h3-4,7,10,13,16H,1-2,5-6,8H2. The van der Waals surface area contributed by atoms with Crippen LogP contribution in [-0.2, 0) is 11.2 Å². The highest BCUT2D eigenvalue weighted by Gasteiger charge is 2.23. The molecule has 0 saturated carbocycles. The molecule has 0 spiro atoms. The topological polar surface area (TPSA) is 29.5 Å². The highest BCUT2D eigenvalue weighted by molar-refractivity contribution is 6.30. The molecule has 4 heteroatoms. The van der Waals surface area contributed by atoms with Gasteiger partial charge in [-0.25, -0.2) is 4.39 Å². The molecule has 17 heavy (non-hydrogen) atoms. The Kier molecular flexibility index (Phi) is 4.37. The van der Waals surface area contributed by atoms with Gasteiger partial charge in [0, 0.05) is 24.0 Å². The van der Waals surface area contributed by atoms with Crippen LogP contribution in [0.3, 0.4) is 0 Å². The monoisotopic (exact) mass is 258 g/mol. The highest BCUT2D eigenvalue weighted by Crippen LogP contribution is 2.22. The lowest BCUT2D eigenvalue weighted by Crippen LogP contribution is -2.30. The van der Waals surface area contributed by atoms with Crippen LogP contribution in [-0.4, -0.2) is 24.4 Å². The molecule has 1 N–H and O–H groups in total. The summed E-state index contributed by atoms with van der Waals surface area (Å²) in [6.45, 7) is 1.33. The van der Waals surface area contributed by atoms with Crippen LogP contribution in [0, 0.1) is 11.7 Å². The number of benzene rings is 1. The van der Waals surface area contributed by atoms with Crippen molar-refractivity contribution < 1.29 is 14.2 Å². The van der Waals surface area contributed by atoms with Crippen molar-refractivity contribution >= 4 is 11.6 Å². The molecular weight excluding hydrogens is 243 g/mol. The first-order chi connectivity index (χ1) is 8.16. The zero-order valence-electron chi connectivity index (χ0n) is 9.53. The van der Waals surface area contributed by atoms with Gasteiger partial charge in [-0.05, 0) is 30.5 Å². The number of aliphatic hydroxyl groups is 1. The van der Waals surface area contributed by atoms with Gasteiger partial charge in [-0.3, -0.25) is 0 Å². The van der Waals surface area contributed by atoms with Crippen molar-refractivity contribution in [1.29, 1.82) is 0 Å². The zero-order valence-corrected chi connectivity index (χ0v) is 10.3. The Labute approximate surface area is 105 Å². The molecule has 1 aliphatic heterocycles. The van der Waals surface area contributed by atoms with E-state index in [4.69, 9.17) is 16.3 Å². The van der Waals surface area contributed by atoms with E-state index in [0.717, 1.165) is 19.4 Å². The maximum absolute atomic E-state index is 13.6. The second kappa shape index (κ2) is 5.80. The molecular formula is C13H16ClFO2. The summed E-state index contributed by atoms with van der Waals surface area (Å²) in [4.78, 5) is 0. The van der Waals surface area contributed by atoms with Crippen LogP contribution in [0.4, 0.5) is 4.39 Å². The van der Waals surface area contributed by atoms with Gasteiger partial charge in [0.25, 0.3) is 0 Å². The molecule has 0 bridgehead atoms. The summed E-state index contributed by atoms with van der Waals surface area (Å²) in [5.41, 5.74) is 0.507. The Morgan fingerprint density at radius 3 is 3.00 bits per heavy atom. The van der Waals surface area contributed by atoms with Gasteiger partial charge in [0.15, 0.2) is 0 Å². The molecule has 1 fully saturated rings. The Balaban J connectivity index is 1.99. The van der Waals surface area contributed by atoms with Gasteiger partial charge in [-0.2, -0.15) is 0 Å². The van der Waals surface area contributed by atoms with Crippen LogP contribution in [0.5, 0.6) is 0 Å². The molecule has 2 unspecified atom stereocenters. The van der Waals surface area contributed by atoms with Gasteiger partial charge >= 0.3 is 0 Å². The third kappa shape index (κ3) is 3.41. The lowest BCUT2D eigenvalue weighted by molar-refractivity contribution is -0.00873. The third-order valence-corrected chi connectivity index (χ3v) is 3.42. The Hall–Kier alpha value is -0.640. The summed E-state index contributed by atoms with van der Waals surface area (Å²) >= 11 is 5.68. The third-order valence-electron chi connectivity index (χ3n) is 3.18. The molecule has 94 valence electrons. The van der Waals surface area contributed by atoms with Crippen molar-refractivity contribution in [2.45, 2.75) is 25.4 Å². The molecule has 1 aromatic rings. The van der Waals surface area contributed by atoms with Crippen molar-refractivity contribution in [3.8, 4) is 0 Å². The first-order valence-electron chi connectivity index (χ1n) is 5.86. The molecule has 1 saturated heterocycles. The average Bonchev–Trinajstić information content (AvgIpc) is 2.34. The predicted octanol–water partition coefficient (Wildman–Crippen LogP) is 2.81. The second-order valence-electron chi connectivity index (χ2n) is 4.48. The Morgan fingerprint density at radius 1 is 1.53 bits per heavy atom. The first-order valence-corrected chi connectivity index (χ1v) is 6.24. The zero-order chi connectivity index (χ0) is 12.3. The minimum atomic E-state index is -0.550. The Bertz CT molecular complexity index is 378. The van der Waals surface area contributed by atoms with Crippen LogP contribution < -0.4 is 0 Å². The number of rotatable bonds is 3. The normalized spacial score (nSPS) is 22.4. The summed E-state index contributed by atoms with van der Waals surface area (Å²) in [5, 5.41) is 10.4. The van der Waals surface area contributed by atoms with E-state index >= 15 is 0 Å². The number of hydrogen-bond acceptors (Lipinski definition) is 2. The molecule has 2 nitrogen and oxygen atoms in total. The van der Waals surface area contributed by atoms with E-state index in [-0.39, 0.29) is 11.7 Å². The average molecular weight is 259 g/mol.